The minimum atomic E-state index is -0.213. The quantitative estimate of drug-likeness (QED) is 0.939. The number of ether oxygens (including phenoxy) is 1. The fourth-order valence-electron chi connectivity index (χ4n) is 2.64. The number of aromatic nitrogens is 3. The molecule has 0 bridgehead atoms. The largest absolute Gasteiger partial charge is 0.371 e. The molecule has 0 spiro atoms. The molecule has 0 saturated carbocycles. The van der Waals surface area contributed by atoms with Crippen LogP contribution in [0.1, 0.15) is 34.1 Å². The zero-order chi connectivity index (χ0) is 15.7. The van der Waals surface area contributed by atoms with Crippen LogP contribution in [-0.4, -0.2) is 33.3 Å². The van der Waals surface area contributed by atoms with E-state index < -0.39 is 0 Å². The zero-order valence-corrected chi connectivity index (χ0v) is 13.2. The molecule has 2 aromatic heterocycles. The molecule has 0 aromatic carbocycles. The molecular weight excluding hydrogens is 304 g/mol. The van der Waals surface area contributed by atoms with Crippen LogP contribution >= 0.6 is 11.6 Å². The summed E-state index contributed by atoms with van der Waals surface area (Å²) < 4.78 is 7.60. The van der Waals surface area contributed by atoms with Crippen LogP contribution in [0.3, 0.4) is 0 Å². The highest BCUT2D eigenvalue weighted by atomic mass is 35.5. The third-order valence-corrected chi connectivity index (χ3v) is 4.31. The molecule has 0 aliphatic carbocycles. The molecule has 2 aromatic rings. The number of rotatable bonds is 3. The van der Waals surface area contributed by atoms with Crippen LogP contribution in [0.25, 0.3) is 0 Å². The number of pyridine rings is 1. The van der Waals surface area contributed by atoms with Gasteiger partial charge in [0, 0.05) is 37.3 Å². The minimum Gasteiger partial charge on any atom is -0.371 e. The van der Waals surface area contributed by atoms with E-state index in [2.05, 4.69) is 15.4 Å². The number of carbonyl (C=O) groups excluding carboxylic acids is 1. The highest BCUT2D eigenvalue weighted by molar-refractivity contribution is 6.33. The lowest BCUT2D eigenvalue weighted by Crippen LogP contribution is -2.37. The Bertz CT molecular complexity index is 701. The molecule has 1 N–H and O–H groups in total. The second-order valence-electron chi connectivity index (χ2n) is 5.32. The van der Waals surface area contributed by atoms with Crippen molar-refractivity contribution in [3.05, 3.63) is 46.5 Å². The van der Waals surface area contributed by atoms with Crippen molar-refractivity contribution in [3.63, 3.8) is 0 Å². The monoisotopic (exact) mass is 320 g/mol. The lowest BCUT2D eigenvalue weighted by atomic mass is 10.0. The summed E-state index contributed by atoms with van der Waals surface area (Å²) in [5, 5.41) is 7.59. The van der Waals surface area contributed by atoms with Gasteiger partial charge in [0.05, 0.1) is 22.8 Å². The lowest BCUT2D eigenvalue weighted by Gasteiger charge is -2.20. The highest BCUT2D eigenvalue weighted by Crippen LogP contribution is 2.31. The van der Waals surface area contributed by atoms with Crippen LogP contribution < -0.4 is 5.32 Å². The van der Waals surface area contributed by atoms with Crippen molar-refractivity contribution < 1.29 is 9.53 Å². The smallest absolute Gasteiger partial charge is 0.253 e. The molecule has 7 heteroatoms. The van der Waals surface area contributed by atoms with E-state index in [9.17, 15) is 4.79 Å². The number of halogens is 1. The van der Waals surface area contributed by atoms with Crippen LogP contribution in [0.2, 0.25) is 5.02 Å². The van der Waals surface area contributed by atoms with Crippen LogP contribution in [0.4, 0.5) is 0 Å². The van der Waals surface area contributed by atoms with E-state index in [1.54, 1.807) is 23.1 Å². The second-order valence-corrected chi connectivity index (χ2v) is 5.73. The predicted octanol–water partition coefficient (Wildman–Crippen LogP) is 2.04. The lowest BCUT2D eigenvalue weighted by molar-refractivity contribution is 0.0819. The summed E-state index contributed by atoms with van der Waals surface area (Å²) in [6, 6.07) is 1.51. The van der Waals surface area contributed by atoms with Gasteiger partial charge in [-0.2, -0.15) is 5.10 Å². The number of amides is 1. The molecule has 0 radical (unpaired) electrons. The fourth-order valence-corrected chi connectivity index (χ4v) is 2.85. The summed E-state index contributed by atoms with van der Waals surface area (Å²) in [5.74, 6) is -0.213. The molecule has 3 rings (SSSR count). The molecule has 0 unspecified atom stereocenters. The van der Waals surface area contributed by atoms with Gasteiger partial charge in [-0.05, 0) is 19.4 Å². The Hall–Kier alpha value is -1.92. The molecular formula is C15H17ClN4O2. The van der Waals surface area contributed by atoms with E-state index in [1.165, 1.54) is 6.20 Å². The average molecular weight is 321 g/mol. The van der Waals surface area contributed by atoms with Gasteiger partial charge in [-0.3, -0.25) is 14.5 Å². The number of nitrogens with one attached hydrogen (secondary N) is 1. The van der Waals surface area contributed by atoms with E-state index in [4.69, 9.17) is 16.3 Å². The summed E-state index contributed by atoms with van der Waals surface area (Å²) >= 11 is 6.02. The Kier molecular flexibility index (Phi) is 4.13. The van der Waals surface area contributed by atoms with Gasteiger partial charge in [0.1, 0.15) is 6.10 Å². The Morgan fingerprint density at radius 3 is 3.00 bits per heavy atom. The summed E-state index contributed by atoms with van der Waals surface area (Å²) in [4.78, 5) is 16.3. The van der Waals surface area contributed by atoms with Crippen LogP contribution in [0, 0.1) is 6.92 Å². The number of hydrogen-bond donors (Lipinski definition) is 1. The van der Waals surface area contributed by atoms with Crippen LogP contribution in [-0.2, 0) is 11.8 Å². The van der Waals surface area contributed by atoms with E-state index in [-0.39, 0.29) is 18.1 Å². The molecule has 2 atom stereocenters. The zero-order valence-electron chi connectivity index (χ0n) is 12.4. The molecule has 1 amide bonds. The normalized spacial score (nSPS) is 21.0. The average Bonchev–Trinajstić information content (AvgIpc) is 3.07. The van der Waals surface area contributed by atoms with Crippen molar-refractivity contribution in [2.24, 2.45) is 7.05 Å². The first-order valence-electron chi connectivity index (χ1n) is 7.08. The van der Waals surface area contributed by atoms with Crippen molar-refractivity contribution in [2.45, 2.75) is 25.5 Å². The fraction of sp³-hybridized carbons (Fsp3) is 0.400. The third kappa shape index (κ3) is 2.71. The molecule has 116 valence electrons. The first-order chi connectivity index (χ1) is 10.6. The number of hydrogen-bond acceptors (Lipinski definition) is 4. The van der Waals surface area contributed by atoms with Crippen molar-refractivity contribution in [1.82, 2.24) is 20.1 Å². The SMILES string of the molecule is Cc1c([C@H]2OCC[C@@H]2NC(=O)c2ccncc2Cl)cnn1C. The predicted molar refractivity (Wildman–Crippen MR) is 81.8 cm³/mol. The maximum absolute atomic E-state index is 12.4. The van der Waals surface area contributed by atoms with Gasteiger partial charge in [0.15, 0.2) is 0 Å². The van der Waals surface area contributed by atoms with Gasteiger partial charge in [-0.25, -0.2) is 0 Å². The summed E-state index contributed by atoms with van der Waals surface area (Å²) in [7, 11) is 1.89. The Balaban J connectivity index is 1.78. The molecule has 22 heavy (non-hydrogen) atoms. The van der Waals surface area contributed by atoms with Crippen molar-refractivity contribution in [1.29, 1.82) is 0 Å². The Morgan fingerprint density at radius 2 is 2.32 bits per heavy atom. The first kappa shape index (κ1) is 15.0. The van der Waals surface area contributed by atoms with Gasteiger partial charge in [0.2, 0.25) is 0 Å². The van der Waals surface area contributed by atoms with E-state index in [1.807, 2.05) is 14.0 Å². The van der Waals surface area contributed by atoms with Crippen LogP contribution in [0.15, 0.2) is 24.7 Å². The van der Waals surface area contributed by atoms with Crippen LogP contribution in [0.5, 0.6) is 0 Å². The van der Waals surface area contributed by atoms with Gasteiger partial charge in [-0.1, -0.05) is 11.6 Å². The number of nitrogens with zero attached hydrogens (tertiary/aromatic N) is 3. The van der Waals surface area contributed by atoms with Crippen molar-refractivity contribution in [2.75, 3.05) is 6.61 Å². The van der Waals surface area contributed by atoms with Gasteiger partial charge < -0.3 is 10.1 Å². The second kappa shape index (κ2) is 6.06. The van der Waals surface area contributed by atoms with Crippen molar-refractivity contribution >= 4 is 17.5 Å². The molecule has 3 heterocycles. The number of aryl methyl sites for hydroxylation is 1. The Labute approximate surface area is 133 Å². The van der Waals surface area contributed by atoms with E-state index >= 15 is 0 Å². The molecule has 1 aliphatic rings. The molecule has 1 aliphatic heterocycles. The summed E-state index contributed by atoms with van der Waals surface area (Å²) in [6.45, 7) is 2.59. The topological polar surface area (TPSA) is 69.0 Å². The van der Waals surface area contributed by atoms with Crippen molar-refractivity contribution in [3.8, 4) is 0 Å². The summed E-state index contributed by atoms with van der Waals surface area (Å²) in [5.41, 5.74) is 2.46. The maximum atomic E-state index is 12.4. The minimum absolute atomic E-state index is 0.0976. The maximum Gasteiger partial charge on any atom is 0.253 e. The standard InChI is InChI=1S/C15H17ClN4O2/c1-9-11(7-18-20(9)2)14-13(4-6-22-14)19-15(21)10-3-5-17-8-12(10)16/h3,5,7-8,13-14H,4,6H2,1-2H3,(H,19,21)/t13-,14+/m0/s1. The van der Waals surface area contributed by atoms with Gasteiger partial charge in [0.25, 0.3) is 5.91 Å². The third-order valence-electron chi connectivity index (χ3n) is 4.01. The van der Waals surface area contributed by atoms with E-state index in [0.717, 1.165) is 17.7 Å². The molecule has 6 nitrogen and oxygen atoms in total. The van der Waals surface area contributed by atoms with E-state index in [0.29, 0.717) is 17.2 Å². The Morgan fingerprint density at radius 1 is 1.50 bits per heavy atom. The highest BCUT2D eigenvalue weighted by Gasteiger charge is 2.33. The molecule has 1 fully saturated rings. The van der Waals surface area contributed by atoms with Gasteiger partial charge in [-0.15, -0.1) is 0 Å². The first-order valence-corrected chi connectivity index (χ1v) is 7.46. The number of carbonyl (C=O) groups is 1. The molecule has 1 saturated heterocycles. The summed E-state index contributed by atoms with van der Waals surface area (Å²) in [6.07, 6.45) is 5.38. The van der Waals surface area contributed by atoms with Gasteiger partial charge >= 0.3 is 0 Å².